The van der Waals surface area contributed by atoms with Crippen LogP contribution in [0.3, 0.4) is 0 Å². The third-order valence-corrected chi connectivity index (χ3v) is 6.20. The Kier molecular flexibility index (Phi) is 4.73. The molecule has 5 nitrogen and oxygen atoms in total. The molecule has 0 saturated carbocycles. The fourth-order valence-electron chi connectivity index (χ4n) is 4.71. The van der Waals surface area contributed by atoms with Crippen molar-refractivity contribution in [2.75, 3.05) is 13.1 Å². The van der Waals surface area contributed by atoms with Crippen molar-refractivity contribution in [3.8, 4) is 11.5 Å². The second-order valence-corrected chi connectivity index (χ2v) is 8.40. The topological polar surface area (TPSA) is 47.1 Å². The molecule has 1 saturated heterocycles. The molecule has 1 aromatic carbocycles. The van der Waals surface area contributed by atoms with Crippen molar-refractivity contribution in [1.82, 2.24) is 19.4 Å². The molecule has 1 fully saturated rings. The predicted octanol–water partition coefficient (Wildman–Crippen LogP) is 4.83. The van der Waals surface area contributed by atoms with Gasteiger partial charge in [-0.05, 0) is 57.2 Å². The Morgan fingerprint density at radius 3 is 3.00 bits per heavy atom. The van der Waals surface area contributed by atoms with E-state index in [-0.39, 0.29) is 0 Å². The van der Waals surface area contributed by atoms with Crippen molar-refractivity contribution >= 4 is 11.6 Å². The van der Waals surface area contributed by atoms with Crippen LogP contribution in [0, 0.1) is 6.92 Å². The summed E-state index contributed by atoms with van der Waals surface area (Å²) in [6, 6.07) is 8.15. The van der Waals surface area contributed by atoms with Crippen LogP contribution < -0.4 is 0 Å². The molecule has 0 radical (unpaired) electrons. The summed E-state index contributed by atoms with van der Waals surface area (Å²) >= 11 is 6.08. The molecule has 3 aromatic rings. The Hall–Kier alpha value is -2.11. The lowest BCUT2D eigenvalue weighted by atomic mass is 10.0. The van der Waals surface area contributed by atoms with Gasteiger partial charge in [0.1, 0.15) is 12.1 Å². The number of benzene rings is 1. The number of rotatable bonds is 4. The number of imidazole rings is 1. The smallest absolute Gasteiger partial charge is 0.226 e. The highest BCUT2D eigenvalue weighted by Crippen LogP contribution is 2.31. The maximum atomic E-state index is 6.08. The van der Waals surface area contributed by atoms with Crippen LogP contribution in [0.1, 0.15) is 48.2 Å². The highest BCUT2D eigenvalue weighted by atomic mass is 35.5. The maximum absolute atomic E-state index is 6.08. The number of fused-ring (bicyclic) bond motifs is 1. The summed E-state index contributed by atoms with van der Waals surface area (Å²) in [6.45, 7) is 5.10. The zero-order chi connectivity index (χ0) is 19.1. The summed E-state index contributed by atoms with van der Waals surface area (Å²) in [6.07, 6.45) is 7.83. The van der Waals surface area contributed by atoms with E-state index >= 15 is 0 Å². The molecule has 6 heteroatoms. The van der Waals surface area contributed by atoms with Gasteiger partial charge in [0.25, 0.3) is 0 Å². The van der Waals surface area contributed by atoms with Gasteiger partial charge in [-0.25, -0.2) is 9.97 Å². The van der Waals surface area contributed by atoms with Gasteiger partial charge in [-0.2, -0.15) is 0 Å². The molecular formula is C22H25ClN4O. The van der Waals surface area contributed by atoms with Gasteiger partial charge >= 0.3 is 0 Å². The lowest BCUT2D eigenvalue weighted by Crippen LogP contribution is -2.23. The average Bonchev–Trinajstić information content (AvgIpc) is 3.40. The Bertz CT molecular complexity index is 992. The summed E-state index contributed by atoms with van der Waals surface area (Å²) in [5.41, 5.74) is 4.71. The first-order valence-corrected chi connectivity index (χ1v) is 10.5. The summed E-state index contributed by atoms with van der Waals surface area (Å²) < 4.78 is 8.22. The first-order chi connectivity index (χ1) is 13.7. The normalized spacial score (nSPS) is 19.9. The molecule has 5 rings (SSSR count). The Labute approximate surface area is 170 Å². The fraction of sp³-hybridized carbons (Fsp3) is 0.455. The van der Waals surface area contributed by atoms with Crippen molar-refractivity contribution in [2.24, 2.45) is 0 Å². The van der Waals surface area contributed by atoms with Crippen molar-refractivity contribution < 1.29 is 4.42 Å². The molecule has 28 heavy (non-hydrogen) atoms. The number of hydrogen-bond donors (Lipinski definition) is 0. The van der Waals surface area contributed by atoms with Gasteiger partial charge in [0.05, 0.1) is 11.4 Å². The monoisotopic (exact) mass is 396 g/mol. The minimum absolute atomic E-state index is 0.522. The summed E-state index contributed by atoms with van der Waals surface area (Å²) in [5, 5.41) is 0.693. The van der Waals surface area contributed by atoms with Crippen molar-refractivity contribution in [2.45, 2.75) is 51.6 Å². The van der Waals surface area contributed by atoms with Crippen LogP contribution in [0.2, 0.25) is 5.02 Å². The summed E-state index contributed by atoms with van der Waals surface area (Å²) in [7, 11) is 0. The minimum Gasteiger partial charge on any atom is -0.444 e. The zero-order valence-electron chi connectivity index (χ0n) is 16.2. The van der Waals surface area contributed by atoms with Gasteiger partial charge in [-0.3, -0.25) is 4.90 Å². The number of halogens is 1. The summed E-state index contributed by atoms with van der Waals surface area (Å²) in [5.74, 6) is 1.82. The number of likely N-dealkylation sites (tertiary alicyclic amines) is 1. The fourth-order valence-corrected chi connectivity index (χ4v) is 4.90. The van der Waals surface area contributed by atoms with E-state index in [9.17, 15) is 0 Å². The van der Waals surface area contributed by atoms with Crippen LogP contribution in [-0.4, -0.2) is 32.5 Å². The Morgan fingerprint density at radius 2 is 2.11 bits per heavy atom. The number of nitrogens with zero attached hydrogens (tertiary/aromatic N) is 4. The molecule has 146 valence electrons. The highest BCUT2D eigenvalue weighted by molar-refractivity contribution is 6.30. The first-order valence-electron chi connectivity index (χ1n) is 10.2. The van der Waals surface area contributed by atoms with Crippen LogP contribution in [0.4, 0.5) is 0 Å². The van der Waals surface area contributed by atoms with Crippen LogP contribution >= 0.6 is 11.6 Å². The number of oxazole rings is 1. The van der Waals surface area contributed by atoms with Crippen molar-refractivity contribution in [1.29, 1.82) is 0 Å². The largest absolute Gasteiger partial charge is 0.444 e. The molecule has 3 heterocycles. The highest BCUT2D eigenvalue weighted by Gasteiger charge is 2.29. The van der Waals surface area contributed by atoms with Crippen molar-refractivity contribution in [3.05, 3.63) is 58.5 Å². The van der Waals surface area contributed by atoms with Gasteiger partial charge in [0.15, 0.2) is 0 Å². The lowest BCUT2D eigenvalue weighted by molar-refractivity contribution is 0.310. The van der Waals surface area contributed by atoms with E-state index in [0.717, 1.165) is 37.3 Å². The molecule has 0 amide bonds. The van der Waals surface area contributed by atoms with E-state index in [2.05, 4.69) is 21.4 Å². The van der Waals surface area contributed by atoms with Crippen LogP contribution in [-0.2, 0) is 19.4 Å². The van der Waals surface area contributed by atoms with E-state index in [1.165, 1.54) is 42.9 Å². The SMILES string of the molecule is Cc1nc2c(n1C1CCN(Cc3coc(-c4cccc(Cl)c4)n3)C1)CCCC2. The van der Waals surface area contributed by atoms with E-state index < -0.39 is 0 Å². The number of aromatic nitrogens is 3. The van der Waals surface area contributed by atoms with E-state index in [4.69, 9.17) is 21.0 Å². The molecule has 2 aliphatic rings. The van der Waals surface area contributed by atoms with Gasteiger partial charge in [0.2, 0.25) is 5.89 Å². The number of hydrogen-bond acceptors (Lipinski definition) is 4. The first kappa shape index (κ1) is 18.0. The third kappa shape index (κ3) is 3.38. The van der Waals surface area contributed by atoms with E-state index in [0.29, 0.717) is 17.0 Å². The molecule has 0 bridgehead atoms. The minimum atomic E-state index is 0.522. The molecule has 1 unspecified atom stereocenters. The number of aryl methyl sites for hydroxylation is 2. The standard InChI is InChI=1S/C22H25ClN4O/c1-15-24-20-7-2-3-8-21(20)27(15)19-9-10-26(13-19)12-18-14-28-22(25-18)16-5-4-6-17(23)11-16/h4-6,11,14,19H,2-3,7-10,12-13H2,1H3. The van der Waals surface area contributed by atoms with Crippen LogP contribution in [0.15, 0.2) is 34.9 Å². The predicted molar refractivity (Wildman–Crippen MR) is 109 cm³/mol. The van der Waals surface area contributed by atoms with E-state index in [1.54, 1.807) is 6.26 Å². The quantitative estimate of drug-likeness (QED) is 0.634. The maximum Gasteiger partial charge on any atom is 0.226 e. The Balaban J connectivity index is 1.28. The van der Waals surface area contributed by atoms with Gasteiger partial charge in [-0.1, -0.05) is 17.7 Å². The second-order valence-electron chi connectivity index (χ2n) is 7.96. The molecular weight excluding hydrogens is 372 g/mol. The molecule has 0 spiro atoms. The van der Waals surface area contributed by atoms with Gasteiger partial charge in [-0.15, -0.1) is 0 Å². The van der Waals surface area contributed by atoms with Gasteiger partial charge in [0, 0.05) is 42.0 Å². The van der Waals surface area contributed by atoms with Crippen molar-refractivity contribution in [3.63, 3.8) is 0 Å². The summed E-state index contributed by atoms with van der Waals surface area (Å²) in [4.78, 5) is 12.0. The molecule has 1 aliphatic heterocycles. The molecule has 0 N–H and O–H groups in total. The van der Waals surface area contributed by atoms with Gasteiger partial charge < -0.3 is 8.98 Å². The van der Waals surface area contributed by atoms with Crippen LogP contribution in [0.25, 0.3) is 11.5 Å². The second kappa shape index (κ2) is 7.37. The lowest BCUT2D eigenvalue weighted by Gasteiger charge is -2.21. The third-order valence-electron chi connectivity index (χ3n) is 5.97. The molecule has 2 aromatic heterocycles. The zero-order valence-corrected chi connectivity index (χ0v) is 17.0. The molecule has 1 aliphatic carbocycles. The average molecular weight is 397 g/mol. The van der Waals surface area contributed by atoms with Crippen LogP contribution in [0.5, 0.6) is 0 Å². The van der Waals surface area contributed by atoms with E-state index in [1.807, 2.05) is 24.3 Å². The molecule has 1 atom stereocenters. The Morgan fingerprint density at radius 1 is 1.21 bits per heavy atom.